The highest BCUT2D eigenvalue weighted by atomic mass is 16.5. The molecule has 0 bridgehead atoms. The summed E-state index contributed by atoms with van der Waals surface area (Å²) in [6.45, 7) is 2.46. The molecule has 1 aromatic rings. The number of aryl methyl sites for hydroxylation is 1. The first kappa shape index (κ1) is 14.6. The van der Waals surface area contributed by atoms with Crippen LogP contribution in [0.1, 0.15) is 51.0 Å². The molecule has 1 heterocycles. The van der Waals surface area contributed by atoms with Gasteiger partial charge in [0.05, 0.1) is 12.2 Å². The number of carbonyl (C=O) groups is 1. The molecule has 2 aliphatic rings. The van der Waals surface area contributed by atoms with Crippen molar-refractivity contribution in [2.45, 2.75) is 63.6 Å². The third-order valence-corrected chi connectivity index (χ3v) is 4.70. The Kier molecular flexibility index (Phi) is 4.29. The standard InChI is InChI=1S/C18H24O3/c1-14(19)3-4-15-5-7-16(8-6-15)21-17-9-12-20-18(13-17)10-2-11-18/h5-8,17H,2-4,9-13H2,1H3. The number of ketones is 1. The van der Waals surface area contributed by atoms with Crippen molar-refractivity contribution in [1.29, 1.82) is 0 Å². The predicted octanol–water partition coefficient (Wildman–Crippen LogP) is 3.69. The summed E-state index contributed by atoms with van der Waals surface area (Å²) < 4.78 is 12.1. The summed E-state index contributed by atoms with van der Waals surface area (Å²) in [6, 6.07) is 8.18. The van der Waals surface area contributed by atoms with Gasteiger partial charge in [0.2, 0.25) is 0 Å². The predicted molar refractivity (Wildman–Crippen MR) is 81.6 cm³/mol. The molecule has 1 saturated carbocycles. The van der Waals surface area contributed by atoms with Crippen molar-refractivity contribution in [3.63, 3.8) is 0 Å². The van der Waals surface area contributed by atoms with Gasteiger partial charge < -0.3 is 14.3 Å². The SMILES string of the molecule is CC(=O)CCc1ccc(OC2CCOC3(CCC3)C2)cc1. The maximum atomic E-state index is 11.0. The van der Waals surface area contributed by atoms with Crippen molar-refractivity contribution in [3.05, 3.63) is 29.8 Å². The maximum Gasteiger partial charge on any atom is 0.130 e. The van der Waals surface area contributed by atoms with Crippen LogP contribution in [0.5, 0.6) is 5.75 Å². The van der Waals surface area contributed by atoms with Crippen LogP contribution >= 0.6 is 0 Å². The van der Waals surface area contributed by atoms with Gasteiger partial charge in [-0.25, -0.2) is 0 Å². The number of hydrogen-bond donors (Lipinski definition) is 0. The van der Waals surface area contributed by atoms with Crippen molar-refractivity contribution >= 4 is 5.78 Å². The molecule has 3 rings (SSSR count). The van der Waals surface area contributed by atoms with Gasteiger partial charge in [-0.3, -0.25) is 0 Å². The van der Waals surface area contributed by atoms with E-state index in [9.17, 15) is 4.79 Å². The lowest BCUT2D eigenvalue weighted by Crippen LogP contribution is -2.48. The van der Waals surface area contributed by atoms with Gasteiger partial charge in [-0.15, -0.1) is 0 Å². The molecule has 0 radical (unpaired) electrons. The van der Waals surface area contributed by atoms with E-state index in [-0.39, 0.29) is 17.5 Å². The summed E-state index contributed by atoms with van der Waals surface area (Å²) in [5.74, 6) is 1.17. The molecule has 0 N–H and O–H groups in total. The third kappa shape index (κ3) is 3.65. The van der Waals surface area contributed by atoms with Crippen LogP contribution in [-0.2, 0) is 16.0 Å². The average molecular weight is 288 g/mol. The van der Waals surface area contributed by atoms with Crippen LogP contribution in [0, 0.1) is 0 Å². The van der Waals surface area contributed by atoms with Gasteiger partial charge in [-0.05, 0) is 50.3 Å². The Bertz CT molecular complexity index is 488. The Morgan fingerprint density at radius 3 is 2.71 bits per heavy atom. The maximum absolute atomic E-state index is 11.0. The number of carbonyl (C=O) groups excluding carboxylic acids is 1. The molecule has 1 spiro atoms. The zero-order valence-corrected chi connectivity index (χ0v) is 12.8. The van der Waals surface area contributed by atoms with Gasteiger partial charge in [0.1, 0.15) is 17.6 Å². The van der Waals surface area contributed by atoms with Crippen molar-refractivity contribution < 1.29 is 14.3 Å². The van der Waals surface area contributed by atoms with E-state index in [0.717, 1.165) is 31.6 Å². The first-order chi connectivity index (χ1) is 10.2. The molecule has 1 aliphatic heterocycles. The lowest BCUT2D eigenvalue weighted by atomic mass is 9.74. The summed E-state index contributed by atoms with van der Waals surface area (Å²) in [6.07, 6.45) is 7.39. The molecule has 1 atom stereocenters. The van der Waals surface area contributed by atoms with E-state index in [1.54, 1.807) is 6.92 Å². The van der Waals surface area contributed by atoms with E-state index in [1.165, 1.54) is 24.8 Å². The zero-order valence-electron chi connectivity index (χ0n) is 12.8. The van der Waals surface area contributed by atoms with E-state index in [1.807, 2.05) is 12.1 Å². The minimum absolute atomic E-state index is 0.129. The zero-order chi connectivity index (χ0) is 14.7. The first-order valence-electron chi connectivity index (χ1n) is 8.04. The number of rotatable bonds is 5. The van der Waals surface area contributed by atoms with Crippen molar-refractivity contribution in [2.24, 2.45) is 0 Å². The van der Waals surface area contributed by atoms with Gasteiger partial charge in [0.15, 0.2) is 0 Å². The Balaban J connectivity index is 1.53. The van der Waals surface area contributed by atoms with Crippen LogP contribution in [0.15, 0.2) is 24.3 Å². The van der Waals surface area contributed by atoms with Crippen molar-refractivity contribution in [2.75, 3.05) is 6.61 Å². The van der Waals surface area contributed by atoms with Crippen molar-refractivity contribution in [3.8, 4) is 5.75 Å². The highest BCUT2D eigenvalue weighted by Crippen LogP contribution is 2.43. The van der Waals surface area contributed by atoms with E-state index >= 15 is 0 Å². The first-order valence-corrected chi connectivity index (χ1v) is 8.04. The molecule has 1 aliphatic carbocycles. The van der Waals surface area contributed by atoms with Crippen LogP contribution in [-0.4, -0.2) is 24.1 Å². The fourth-order valence-electron chi connectivity index (χ4n) is 3.25. The molecule has 114 valence electrons. The minimum Gasteiger partial charge on any atom is -0.490 e. The van der Waals surface area contributed by atoms with Gasteiger partial charge >= 0.3 is 0 Å². The van der Waals surface area contributed by atoms with Gasteiger partial charge in [-0.1, -0.05) is 12.1 Å². The van der Waals surface area contributed by atoms with Gasteiger partial charge in [0.25, 0.3) is 0 Å². The molecule has 3 nitrogen and oxygen atoms in total. The Morgan fingerprint density at radius 1 is 1.33 bits per heavy atom. The molecule has 21 heavy (non-hydrogen) atoms. The molecule has 3 heteroatoms. The summed E-state index contributed by atoms with van der Waals surface area (Å²) >= 11 is 0. The van der Waals surface area contributed by atoms with E-state index in [2.05, 4.69) is 12.1 Å². The second kappa shape index (κ2) is 6.18. The largest absolute Gasteiger partial charge is 0.490 e. The molecular formula is C18H24O3. The van der Waals surface area contributed by atoms with Crippen LogP contribution in [0.4, 0.5) is 0 Å². The highest BCUT2D eigenvalue weighted by molar-refractivity contribution is 5.75. The molecule has 1 aromatic carbocycles. The molecule has 1 unspecified atom stereocenters. The normalized spacial score (nSPS) is 23.6. The minimum atomic E-state index is 0.129. The summed E-state index contributed by atoms with van der Waals surface area (Å²) in [7, 11) is 0. The number of ether oxygens (including phenoxy) is 2. The van der Waals surface area contributed by atoms with Crippen LogP contribution in [0.25, 0.3) is 0 Å². The summed E-state index contributed by atoms with van der Waals surface area (Å²) in [5, 5.41) is 0. The number of benzene rings is 1. The second-order valence-electron chi connectivity index (χ2n) is 6.46. The summed E-state index contributed by atoms with van der Waals surface area (Å²) in [5.41, 5.74) is 1.32. The Labute approximate surface area is 126 Å². The van der Waals surface area contributed by atoms with Crippen LogP contribution in [0.2, 0.25) is 0 Å². The molecular weight excluding hydrogens is 264 g/mol. The van der Waals surface area contributed by atoms with Gasteiger partial charge in [-0.2, -0.15) is 0 Å². The quantitative estimate of drug-likeness (QED) is 0.829. The smallest absolute Gasteiger partial charge is 0.130 e. The van der Waals surface area contributed by atoms with Crippen LogP contribution in [0.3, 0.4) is 0 Å². The third-order valence-electron chi connectivity index (χ3n) is 4.70. The van der Waals surface area contributed by atoms with Crippen molar-refractivity contribution in [1.82, 2.24) is 0 Å². The van der Waals surface area contributed by atoms with E-state index in [4.69, 9.17) is 9.47 Å². The average Bonchev–Trinajstić information content (AvgIpc) is 2.45. The van der Waals surface area contributed by atoms with E-state index < -0.39 is 0 Å². The Morgan fingerprint density at radius 2 is 2.10 bits per heavy atom. The Hall–Kier alpha value is -1.35. The fourth-order valence-corrected chi connectivity index (χ4v) is 3.25. The van der Waals surface area contributed by atoms with Crippen LogP contribution < -0.4 is 4.74 Å². The summed E-state index contributed by atoms with van der Waals surface area (Å²) in [4.78, 5) is 11.0. The highest BCUT2D eigenvalue weighted by Gasteiger charge is 2.43. The fraction of sp³-hybridized carbons (Fsp3) is 0.611. The molecule has 0 amide bonds. The monoisotopic (exact) mass is 288 g/mol. The number of hydrogen-bond acceptors (Lipinski definition) is 3. The second-order valence-corrected chi connectivity index (χ2v) is 6.46. The lowest BCUT2D eigenvalue weighted by Gasteiger charge is -2.46. The van der Waals surface area contributed by atoms with Gasteiger partial charge in [0, 0.05) is 19.3 Å². The van der Waals surface area contributed by atoms with E-state index in [0.29, 0.717) is 6.42 Å². The number of Topliss-reactive ketones (excluding diaryl/α,β-unsaturated/α-hetero) is 1. The topological polar surface area (TPSA) is 35.5 Å². The molecule has 0 aromatic heterocycles. The lowest BCUT2D eigenvalue weighted by molar-refractivity contribution is -0.153. The molecule has 2 fully saturated rings. The molecule has 1 saturated heterocycles.